The monoisotopic (exact) mass is 174 g/mol. The van der Waals surface area contributed by atoms with Gasteiger partial charge >= 0.3 is 0 Å². The zero-order valence-electron chi connectivity index (χ0n) is 6.65. The van der Waals surface area contributed by atoms with E-state index in [1.54, 1.807) is 30.3 Å². The molecule has 0 saturated heterocycles. The molecule has 1 atom stereocenters. The predicted molar refractivity (Wildman–Crippen MR) is 45.1 cm³/mol. The van der Waals surface area contributed by atoms with E-state index in [2.05, 4.69) is 5.32 Å². The number of ether oxygens (including phenoxy) is 1. The van der Waals surface area contributed by atoms with Gasteiger partial charge in [0, 0.05) is 0 Å². The van der Waals surface area contributed by atoms with E-state index in [9.17, 15) is 4.79 Å². The lowest BCUT2D eigenvalue weighted by molar-refractivity contribution is -0.121. The second-order valence-electron chi connectivity index (χ2n) is 2.61. The average Bonchev–Trinajstić information content (AvgIpc) is 2.17. The van der Waals surface area contributed by atoms with Crippen LogP contribution in [0, 0.1) is 11.3 Å². The van der Waals surface area contributed by atoms with Gasteiger partial charge in [-0.2, -0.15) is 5.26 Å². The number of amides is 1. The minimum absolute atomic E-state index is 0.416. The summed E-state index contributed by atoms with van der Waals surface area (Å²) in [6.07, 6.45) is -1.03. The molecule has 13 heavy (non-hydrogen) atoms. The Bertz CT molecular complexity index is 395. The first-order valence-electron chi connectivity index (χ1n) is 3.77. The quantitative estimate of drug-likeness (QED) is 0.635. The first-order chi connectivity index (χ1) is 6.31. The fourth-order valence-electron chi connectivity index (χ4n) is 1.14. The van der Waals surface area contributed by atoms with Gasteiger partial charge < -0.3 is 10.1 Å². The molecule has 1 amide bonds. The molecule has 0 fully saturated rings. The van der Waals surface area contributed by atoms with Crippen molar-refractivity contribution in [3.8, 4) is 11.8 Å². The molecular weight excluding hydrogens is 168 g/mol. The predicted octanol–water partition coefficient (Wildman–Crippen LogP) is 0.910. The maximum Gasteiger partial charge on any atom is 0.280 e. The van der Waals surface area contributed by atoms with Gasteiger partial charge in [-0.15, -0.1) is 0 Å². The van der Waals surface area contributed by atoms with Crippen LogP contribution in [0.1, 0.15) is 0 Å². The van der Waals surface area contributed by atoms with E-state index >= 15 is 0 Å². The molecule has 2 rings (SSSR count). The summed E-state index contributed by atoms with van der Waals surface area (Å²) in [6.45, 7) is 0. The molecule has 1 aliphatic rings. The van der Waals surface area contributed by atoms with Crippen LogP contribution in [-0.2, 0) is 4.79 Å². The van der Waals surface area contributed by atoms with Gasteiger partial charge in [0.2, 0.25) is 0 Å². The number of carbonyl (C=O) groups excluding carboxylic acids is 1. The highest BCUT2D eigenvalue weighted by Crippen LogP contribution is 2.28. The highest BCUT2D eigenvalue weighted by atomic mass is 16.5. The van der Waals surface area contributed by atoms with E-state index < -0.39 is 12.0 Å². The van der Waals surface area contributed by atoms with Crippen LogP contribution in [0.5, 0.6) is 5.75 Å². The number of nitrogens with zero attached hydrogens (tertiary/aromatic N) is 1. The van der Waals surface area contributed by atoms with Gasteiger partial charge in [-0.3, -0.25) is 4.79 Å². The SMILES string of the molecule is N#CC1Oc2ccccc2NC1=O. The third-order valence-electron chi connectivity index (χ3n) is 1.75. The molecule has 64 valence electrons. The second kappa shape index (κ2) is 2.79. The van der Waals surface area contributed by atoms with Gasteiger partial charge in [0.25, 0.3) is 12.0 Å². The topological polar surface area (TPSA) is 62.1 Å². The molecule has 1 aromatic rings. The van der Waals surface area contributed by atoms with Crippen LogP contribution in [0.4, 0.5) is 5.69 Å². The largest absolute Gasteiger partial charge is 0.463 e. The fourth-order valence-corrected chi connectivity index (χ4v) is 1.14. The third-order valence-corrected chi connectivity index (χ3v) is 1.75. The second-order valence-corrected chi connectivity index (χ2v) is 2.61. The molecule has 1 N–H and O–H groups in total. The lowest BCUT2D eigenvalue weighted by atomic mass is 10.2. The number of carbonyl (C=O) groups is 1. The maximum atomic E-state index is 11.1. The molecule has 4 heteroatoms. The maximum absolute atomic E-state index is 11.1. The number of hydrogen-bond acceptors (Lipinski definition) is 3. The Hall–Kier alpha value is -2.02. The molecule has 0 aliphatic carbocycles. The molecule has 0 spiro atoms. The summed E-state index contributed by atoms with van der Waals surface area (Å²) in [5.74, 6) is 0.120. The Balaban J connectivity index is 2.39. The molecule has 1 unspecified atom stereocenters. The summed E-state index contributed by atoms with van der Waals surface area (Å²) in [6, 6.07) is 8.76. The van der Waals surface area contributed by atoms with Crippen molar-refractivity contribution in [3.05, 3.63) is 24.3 Å². The molecular formula is C9H6N2O2. The highest BCUT2D eigenvalue weighted by Gasteiger charge is 2.26. The highest BCUT2D eigenvalue weighted by molar-refractivity contribution is 5.99. The number of rotatable bonds is 0. The van der Waals surface area contributed by atoms with Crippen LogP contribution in [0.25, 0.3) is 0 Å². The van der Waals surface area contributed by atoms with Crippen LogP contribution in [0.2, 0.25) is 0 Å². The van der Waals surface area contributed by atoms with Gasteiger partial charge in [-0.25, -0.2) is 0 Å². The number of benzene rings is 1. The van der Waals surface area contributed by atoms with Gasteiger partial charge in [-0.1, -0.05) is 12.1 Å². The first-order valence-corrected chi connectivity index (χ1v) is 3.77. The van der Waals surface area contributed by atoms with Crippen molar-refractivity contribution in [1.29, 1.82) is 5.26 Å². The number of fused-ring (bicyclic) bond motifs is 1. The van der Waals surface area contributed by atoms with E-state index in [-0.39, 0.29) is 0 Å². The normalized spacial score (nSPS) is 19.3. The molecule has 1 aliphatic heterocycles. The Morgan fingerprint density at radius 3 is 3.00 bits per heavy atom. The summed E-state index contributed by atoms with van der Waals surface area (Å²) >= 11 is 0. The van der Waals surface area contributed by atoms with E-state index in [4.69, 9.17) is 10.00 Å². The Morgan fingerprint density at radius 1 is 1.46 bits per heavy atom. The van der Waals surface area contributed by atoms with Crippen LogP contribution < -0.4 is 10.1 Å². The lowest BCUT2D eigenvalue weighted by Gasteiger charge is -2.20. The van der Waals surface area contributed by atoms with E-state index in [1.165, 1.54) is 0 Å². The van der Waals surface area contributed by atoms with Crippen molar-refractivity contribution in [2.75, 3.05) is 5.32 Å². The summed E-state index contributed by atoms with van der Waals surface area (Å²) in [5, 5.41) is 11.1. The minimum atomic E-state index is -1.03. The Morgan fingerprint density at radius 2 is 2.23 bits per heavy atom. The van der Waals surface area contributed by atoms with Crippen molar-refractivity contribution in [1.82, 2.24) is 0 Å². The number of anilines is 1. The van der Waals surface area contributed by atoms with E-state index in [0.717, 1.165) is 0 Å². The smallest absolute Gasteiger partial charge is 0.280 e. The van der Waals surface area contributed by atoms with Gasteiger partial charge in [0.1, 0.15) is 11.8 Å². The van der Waals surface area contributed by atoms with Crippen molar-refractivity contribution in [2.24, 2.45) is 0 Å². The number of nitriles is 1. The van der Waals surface area contributed by atoms with Gasteiger partial charge in [0.15, 0.2) is 0 Å². The zero-order chi connectivity index (χ0) is 9.26. The van der Waals surface area contributed by atoms with Crippen molar-refractivity contribution < 1.29 is 9.53 Å². The standard InChI is InChI=1S/C9H6N2O2/c10-5-8-9(12)11-6-3-1-2-4-7(6)13-8/h1-4,8H,(H,11,12). The van der Waals surface area contributed by atoms with Crippen LogP contribution >= 0.6 is 0 Å². The van der Waals surface area contributed by atoms with Crippen molar-refractivity contribution >= 4 is 11.6 Å². The first kappa shape index (κ1) is 7.62. The summed E-state index contributed by atoms with van der Waals surface area (Å²) in [5.41, 5.74) is 0.610. The van der Waals surface area contributed by atoms with E-state index in [1.807, 2.05) is 0 Å². The summed E-state index contributed by atoms with van der Waals surface area (Å²) < 4.78 is 5.12. The molecule has 1 aromatic carbocycles. The van der Waals surface area contributed by atoms with Gasteiger partial charge in [0.05, 0.1) is 5.69 Å². The summed E-state index contributed by atoms with van der Waals surface area (Å²) in [4.78, 5) is 11.1. The minimum Gasteiger partial charge on any atom is -0.463 e. The van der Waals surface area contributed by atoms with Crippen LogP contribution in [0.15, 0.2) is 24.3 Å². The van der Waals surface area contributed by atoms with Crippen molar-refractivity contribution in [2.45, 2.75) is 6.10 Å². The molecule has 4 nitrogen and oxygen atoms in total. The lowest BCUT2D eigenvalue weighted by Crippen LogP contribution is -2.35. The zero-order valence-corrected chi connectivity index (χ0v) is 6.65. The van der Waals surface area contributed by atoms with Crippen LogP contribution in [0.3, 0.4) is 0 Å². The average molecular weight is 174 g/mol. The van der Waals surface area contributed by atoms with E-state index in [0.29, 0.717) is 11.4 Å². The van der Waals surface area contributed by atoms with Gasteiger partial charge in [-0.05, 0) is 12.1 Å². The fraction of sp³-hybridized carbons (Fsp3) is 0.111. The summed E-state index contributed by atoms with van der Waals surface area (Å²) in [7, 11) is 0. The molecule has 1 heterocycles. The Kier molecular flexibility index (Phi) is 1.64. The Labute approximate surface area is 74.7 Å². The molecule has 0 bridgehead atoms. The third kappa shape index (κ3) is 1.20. The molecule has 0 radical (unpaired) electrons. The molecule has 0 saturated carbocycles. The van der Waals surface area contributed by atoms with Crippen LogP contribution in [-0.4, -0.2) is 12.0 Å². The number of para-hydroxylation sites is 2. The van der Waals surface area contributed by atoms with Crippen molar-refractivity contribution in [3.63, 3.8) is 0 Å². The molecule has 0 aromatic heterocycles. The number of nitrogens with one attached hydrogen (secondary N) is 1. The number of hydrogen-bond donors (Lipinski definition) is 1.